The standard InChI is InChI=1S/C10H14O3/c1-4-13-10(2,3)9(11)8-6-5-7-12-8/h5-7H,4H2,1-3H3. The summed E-state index contributed by atoms with van der Waals surface area (Å²) in [5, 5.41) is 0. The van der Waals surface area contributed by atoms with E-state index in [1.807, 2.05) is 6.92 Å². The van der Waals surface area contributed by atoms with Crippen molar-refractivity contribution in [3.63, 3.8) is 0 Å². The Hall–Kier alpha value is -1.09. The highest BCUT2D eigenvalue weighted by Crippen LogP contribution is 2.17. The van der Waals surface area contributed by atoms with E-state index < -0.39 is 5.60 Å². The van der Waals surface area contributed by atoms with Crippen molar-refractivity contribution in [1.29, 1.82) is 0 Å². The van der Waals surface area contributed by atoms with Gasteiger partial charge in [-0.05, 0) is 32.9 Å². The number of rotatable bonds is 4. The topological polar surface area (TPSA) is 39.4 Å². The molecule has 0 aromatic carbocycles. The lowest BCUT2D eigenvalue weighted by molar-refractivity contribution is -0.000667. The zero-order valence-corrected chi connectivity index (χ0v) is 8.16. The normalized spacial score (nSPS) is 11.6. The molecule has 0 bridgehead atoms. The molecule has 1 heterocycles. The molecule has 3 nitrogen and oxygen atoms in total. The molecule has 1 rings (SSSR count). The molecule has 1 aromatic heterocycles. The van der Waals surface area contributed by atoms with Gasteiger partial charge in [0.05, 0.1) is 6.26 Å². The Balaban J connectivity index is 2.78. The molecule has 0 spiro atoms. The Kier molecular flexibility index (Phi) is 2.88. The zero-order chi connectivity index (χ0) is 9.90. The van der Waals surface area contributed by atoms with E-state index in [-0.39, 0.29) is 5.78 Å². The summed E-state index contributed by atoms with van der Waals surface area (Å²) in [5.41, 5.74) is -0.799. The maximum atomic E-state index is 11.7. The Morgan fingerprint density at radius 2 is 2.31 bits per heavy atom. The number of furan rings is 1. The van der Waals surface area contributed by atoms with Gasteiger partial charge in [0.2, 0.25) is 5.78 Å². The van der Waals surface area contributed by atoms with Crippen LogP contribution in [0.5, 0.6) is 0 Å². The van der Waals surface area contributed by atoms with E-state index in [9.17, 15) is 4.79 Å². The largest absolute Gasteiger partial charge is 0.461 e. The first kappa shape index (κ1) is 9.99. The Morgan fingerprint density at radius 1 is 1.62 bits per heavy atom. The van der Waals surface area contributed by atoms with Crippen molar-refractivity contribution >= 4 is 5.78 Å². The molecule has 0 amide bonds. The quantitative estimate of drug-likeness (QED) is 0.670. The van der Waals surface area contributed by atoms with Gasteiger partial charge in [0, 0.05) is 6.61 Å². The fourth-order valence-corrected chi connectivity index (χ4v) is 1.13. The highest BCUT2D eigenvalue weighted by atomic mass is 16.5. The predicted molar refractivity (Wildman–Crippen MR) is 48.7 cm³/mol. The van der Waals surface area contributed by atoms with Crippen molar-refractivity contribution < 1.29 is 13.9 Å². The molecule has 0 radical (unpaired) electrons. The average molecular weight is 182 g/mol. The van der Waals surface area contributed by atoms with Gasteiger partial charge in [-0.3, -0.25) is 4.79 Å². The maximum Gasteiger partial charge on any atom is 0.229 e. The van der Waals surface area contributed by atoms with Gasteiger partial charge in [0.15, 0.2) is 5.76 Å². The third-order valence-electron chi connectivity index (χ3n) is 1.80. The van der Waals surface area contributed by atoms with Crippen molar-refractivity contribution in [3.8, 4) is 0 Å². The van der Waals surface area contributed by atoms with Crippen molar-refractivity contribution in [2.24, 2.45) is 0 Å². The van der Waals surface area contributed by atoms with Gasteiger partial charge >= 0.3 is 0 Å². The van der Waals surface area contributed by atoms with Crippen LogP contribution >= 0.6 is 0 Å². The SMILES string of the molecule is CCOC(C)(C)C(=O)c1ccco1. The van der Waals surface area contributed by atoms with Crippen LogP contribution in [0.15, 0.2) is 22.8 Å². The van der Waals surface area contributed by atoms with Crippen LogP contribution in [-0.4, -0.2) is 18.0 Å². The van der Waals surface area contributed by atoms with Crippen LogP contribution in [0.4, 0.5) is 0 Å². The Bertz CT molecular complexity index is 272. The zero-order valence-electron chi connectivity index (χ0n) is 8.16. The fourth-order valence-electron chi connectivity index (χ4n) is 1.13. The highest BCUT2D eigenvalue weighted by molar-refractivity contribution is 5.99. The fraction of sp³-hybridized carbons (Fsp3) is 0.500. The first-order valence-electron chi connectivity index (χ1n) is 4.30. The minimum absolute atomic E-state index is 0.126. The van der Waals surface area contributed by atoms with Gasteiger partial charge in [-0.25, -0.2) is 0 Å². The molecule has 72 valence electrons. The van der Waals surface area contributed by atoms with Crippen LogP contribution in [0.1, 0.15) is 31.3 Å². The summed E-state index contributed by atoms with van der Waals surface area (Å²) < 4.78 is 10.3. The molecule has 1 aromatic rings. The third-order valence-corrected chi connectivity index (χ3v) is 1.80. The second kappa shape index (κ2) is 3.75. The molecule has 0 N–H and O–H groups in total. The van der Waals surface area contributed by atoms with Gasteiger partial charge in [-0.1, -0.05) is 0 Å². The number of hydrogen-bond acceptors (Lipinski definition) is 3. The lowest BCUT2D eigenvalue weighted by atomic mass is 10.0. The summed E-state index contributed by atoms with van der Waals surface area (Å²) in [7, 11) is 0. The van der Waals surface area contributed by atoms with E-state index in [1.165, 1.54) is 6.26 Å². The van der Waals surface area contributed by atoms with Crippen LogP contribution in [0.25, 0.3) is 0 Å². The summed E-state index contributed by atoms with van der Waals surface area (Å²) in [6.07, 6.45) is 1.48. The molecule has 0 aliphatic carbocycles. The molecular formula is C10H14O3. The number of ether oxygens (including phenoxy) is 1. The highest BCUT2D eigenvalue weighted by Gasteiger charge is 2.30. The van der Waals surface area contributed by atoms with E-state index in [0.717, 1.165) is 0 Å². The molecule has 0 unspecified atom stereocenters. The van der Waals surface area contributed by atoms with Gasteiger partial charge in [-0.15, -0.1) is 0 Å². The molecule has 13 heavy (non-hydrogen) atoms. The summed E-state index contributed by atoms with van der Waals surface area (Å²) >= 11 is 0. The molecule has 0 saturated carbocycles. The van der Waals surface area contributed by atoms with E-state index >= 15 is 0 Å². The number of carbonyl (C=O) groups excluding carboxylic acids is 1. The predicted octanol–water partition coefficient (Wildman–Crippen LogP) is 2.28. The molecule has 0 saturated heterocycles. The van der Waals surface area contributed by atoms with Crippen LogP contribution in [-0.2, 0) is 4.74 Å². The van der Waals surface area contributed by atoms with Crippen molar-refractivity contribution in [2.75, 3.05) is 6.61 Å². The number of ketones is 1. The van der Waals surface area contributed by atoms with Crippen LogP contribution in [0.2, 0.25) is 0 Å². The van der Waals surface area contributed by atoms with Crippen LogP contribution in [0.3, 0.4) is 0 Å². The third kappa shape index (κ3) is 2.18. The van der Waals surface area contributed by atoms with Crippen molar-refractivity contribution in [3.05, 3.63) is 24.2 Å². The van der Waals surface area contributed by atoms with E-state index in [2.05, 4.69) is 0 Å². The molecule has 0 atom stereocenters. The first-order valence-corrected chi connectivity index (χ1v) is 4.30. The molecule has 0 fully saturated rings. The lowest BCUT2D eigenvalue weighted by Gasteiger charge is -2.21. The van der Waals surface area contributed by atoms with E-state index in [1.54, 1.807) is 26.0 Å². The lowest BCUT2D eigenvalue weighted by Crippen LogP contribution is -2.34. The second-order valence-electron chi connectivity index (χ2n) is 3.25. The number of hydrogen-bond donors (Lipinski definition) is 0. The van der Waals surface area contributed by atoms with Gasteiger partial charge < -0.3 is 9.15 Å². The molecular weight excluding hydrogens is 168 g/mol. The first-order chi connectivity index (χ1) is 6.08. The van der Waals surface area contributed by atoms with E-state index in [4.69, 9.17) is 9.15 Å². The van der Waals surface area contributed by atoms with E-state index in [0.29, 0.717) is 12.4 Å². The maximum absolute atomic E-state index is 11.7. The van der Waals surface area contributed by atoms with Gasteiger partial charge in [0.25, 0.3) is 0 Å². The van der Waals surface area contributed by atoms with Gasteiger partial charge in [-0.2, -0.15) is 0 Å². The smallest absolute Gasteiger partial charge is 0.229 e. The Labute approximate surface area is 77.7 Å². The molecule has 0 aliphatic heterocycles. The Morgan fingerprint density at radius 3 is 2.77 bits per heavy atom. The van der Waals surface area contributed by atoms with Crippen molar-refractivity contribution in [1.82, 2.24) is 0 Å². The monoisotopic (exact) mass is 182 g/mol. The number of carbonyl (C=O) groups is 1. The summed E-state index contributed by atoms with van der Waals surface area (Å²) in [6.45, 7) is 5.85. The minimum Gasteiger partial charge on any atom is -0.461 e. The molecule has 3 heteroatoms. The summed E-state index contributed by atoms with van der Waals surface area (Å²) in [4.78, 5) is 11.7. The average Bonchev–Trinajstić information content (AvgIpc) is 2.54. The number of Topliss-reactive ketones (excluding diaryl/α,β-unsaturated/α-hetero) is 1. The summed E-state index contributed by atoms with van der Waals surface area (Å²) in [5.74, 6) is 0.220. The minimum atomic E-state index is -0.799. The van der Waals surface area contributed by atoms with Crippen LogP contribution < -0.4 is 0 Å². The second-order valence-corrected chi connectivity index (χ2v) is 3.25. The summed E-state index contributed by atoms with van der Waals surface area (Å²) in [6, 6.07) is 3.33. The van der Waals surface area contributed by atoms with Crippen molar-refractivity contribution in [2.45, 2.75) is 26.4 Å². The van der Waals surface area contributed by atoms with Crippen LogP contribution in [0, 0.1) is 0 Å². The van der Waals surface area contributed by atoms with Gasteiger partial charge in [0.1, 0.15) is 5.60 Å². The molecule has 0 aliphatic rings.